The van der Waals surface area contributed by atoms with E-state index >= 15 is 0 Å². The lowest BCUT2D eigenvalue weighted by Crippen LogP contribution is -2.60. The van der Waals surface area contributed by atoms with Crippen LogP contribution in [0.15, 0.2) is 60.4 Å². The number of nitrogen functional groups attached to an aromatic ring is 1. The van der Waals surface area contributed by atoms with Crippen molar-refractivity contribution in [2.24, 2.45) is 22.6 Å². The number of nitrogens with one attached hydrogen (secondary N) is 1. The summed E-state index contributed by atoms with van der Waals surface area (Å²) in [5.74, 6) is 0.669. The van der Waals surface area contributed by atoms with Crippen molar-refractivity contribution in [1.82, 2.24) is 5.32 Å². The van der Waals surface area contributed by atoms with Crippen molar-refractivity contribution in [3.8, 4) is 0 Å². The van der Waals surface area contributed by atoms with Gasteiger partial charge in [0.15, 0.2) is 0 Å². The zero-order valence-electron chi connectivity index (χ0n) is 22.2. The number of unbranched alkanes of at least 4 members (excludes halogenated alkanes) is 1. The number of benzene rings is 2. The number of allylic oxidation sites excluding steroid dienone is 2. The second-order valence-corrected chi connectivity index (χ2v) is 8.90. The maximum absolute atomic E-state index is 10.5. The number of rotatable bonds is 4. The summed E-state index contributed by atoms with van der Waals surface area (Å²) in [6, 6.07) is 15.2. The zero-order valence-corrected chi connectivity index (χ0v) is 22.2. The van der Waals surface area contributed by atoms with Crippen LogP contribution in [0.5, 0.6) is 0 Å². The van der Waals surface area contributed by atoms with Crippen molar-refractivity contribution < 1.29 is 4.79 Å². The Kier molecular flexibility index (Phi) is 12.7. The number of anilines is 1. The summed E-state index contributed by atoms with van der Waals surface area (Å²) in [6.07, 6.45) is 6.13. The molecule has 1 saturated carbocycles. The van der Waals surface area contributed by atoms with Gasteiger partial charge in [-0.25, -0.2) is 0 Å². The third kappa shape index (κ3) is 9.13. The van der Waals surface area contributed by atoms with E-state index < -0.39 is 0 Å². The van der Waals surface area contributed by atoms with E-state index in [1.807, 2.05) is 57.2 Å². The van der Waals surface area contributed by atoms with Gasteiger partial charge in [-0.15, -0.1) is 0 Å². The molecule has 1 spiro atoms. The molecular weight excluding hydrogens is 434 g/mol. The molecule has 6 nitrogen and oxygen atoms in total. The first-order chi connectivity index (χ1) is 16.7. The van der Waals surface area contributed by atoms with Gasteiger partial charge >= 0.3 is 0 Å². The summed E-state index contributed by atoms with van der Waals surface area (Å²) in [5, 5.41) is 3.17. The smallest absolute Gasteiger partial charge is 0.134 e. The predicted octanol–water partition coefficient (Wildman–Crippen LogP) is 4.93. The lowest BCUT2D eigenvalue weighted by Gasteiger charge is -2.48. The van der Waals surface area contributed by atoms with Crippen LogP contribution >= 0.6 is 0 Å². The number of hydrogen-bond acceptors (Lipinski definition) is 6. The number of ketones is 1. The number of carbonyl (C=O) groups is 1. The van der Waals surface area contributed by atoms with Crippen LogP contribution in [0.2, 0.25) is 0 Å². The predicted molar refractivity (Wildman–Crippen MR) is 151 cm³/mol. The highest BCUT2D eigenvalue weighted by molar-refractivity contribution is 5.86. The molecule has 1 heterocycles. The Bertz CT molecular complexity index is 972. The first-order valence-corrected chi connectivity index (χ1v) is 12.6. The van der Waals surface area contributed by atoms with Gasteiger partial charge in [0.1, 0.15) is 11.6 Å². The van der Waals surface area contributed by atoms with Crippen LogP contribution in [0.1, 0.15) is 70.1 Å². The topological polar surface area (TPSA) is 133 Å². The largest absolute Gasteiger partial charge is 0.399 e. The molecule has 0 aromatic heterocycles. The second kappa shape index (κ2) is 14.9. The summed E-state index contributed by atoms with van der Waals surface area (Å²) in [6.45, 7) is 12.5. The van der Waals surface area contributed by atoms with Crippen molar-refractivity contribution in [2.75, 3.05) is 18.8 Å². The maximum atomic E-state index is 10.5. The number of carbonyl (C=O) groups excluding carboxylic acids is 1. The fourth-order valence-electron chi connectivity index (χ4n) is 3.64. The molecule has 9 N–H and O–H groups in total. The minimum Gasteiger partial charge on any atom is -0.399 e. The maximum Gasteiger partial charge on any atom is 0.134 e. The SMILES string of the molecule is CC.CCCC.Cc1ccccc1/C(N)=C/C(=C(N)N)c1ccc(N)cc1.O=C1CC2(CNC2)C1. The number of aryl methyl sites for hydroxylation is 1. The van der Waals surface area contributed by atoms with Crippen LogP contribution in [0.4, 0.5) is 5.69 Å². The lowest BCUT2D eigenvalue weighted by atomic mass is 9.64. The minimum absolute atomic E-state index is 0.219. The van der Waals surface area contributed by atoms with Gasteiger partial charge in [-0.3, -0.25) is 4.79 Å². The highest BCUT2D eigenvalue weighted by atomic mass is 16.1. The molecular formula is C29H45N5O. The third-order valence-corrected chi connectivity index (χ3v) is 5.93. The molecule has 6 heteroatoms. The fraction of sp³-hybridized carbons (Fsp3) is 0.414. The minimum atomic E-state index is 0.219. The van der Waals surface area contributed by atoms with Gasteiger partial charge in [-0.2, -0.15) is 0 Å². The number of hydrogen-bond donors (Lipinski definition) is 5. The molecule has 0 amide bonds. The molecule has 0 radical (unpaired) electrons. The molecule has 0 bridgehead atoms. The van der Waals surface area contributed by atoms with Crippen molar-refractivity contribution in [3.05, 3.63) is 77.1 Å². The van der Waals surface area contributed by atoms with E-state index in [-0.39, 0.29) is 5.82 Å². The molecule has 192 valence electrons. The van der Waals surface area contributed by atoms with Gasteiger partial charge in [-0.05, 0) is 36.3 Å². The van der Waals surface area contributed by atoms with E-state index in [0.29, 0.717) is 28.2 Å². The lowest BCUT2D eigenvalue weighted by molar-refractivity contribution is -0.135. The summed E-state index contributed by atoms with van der Waals surface area (Å²) >= 11 is 0. The van der Waals surface area contributed by atoms with Crippen molar-refractivity contribution in [1.29, 1.82) is 0 Å². The summed E-state index contributed by atoms with van der Waals surface area (Å²) < 4.78 is 0. The Morgan fingerprint density at radius 3 is 1.86 bits per heavy atom. The normalized spacial score (nSPS) is 15.0. The molecule has 2 aromatic carbocycles. The van der Waals surface area contributed by atoms with Gasteiger partial charge < -0.3 is 28.3 Å². The quantitative estimate of drug-likeness (QED) is 0.312. The van der Waals surface area contributed by atoms with Crippen molar-refractivity contribution in [3.63, 3.8) is 0 Å². The standard InChI is InChI=1S/C17H20N4.C6H9NO.C4H10.C2H6/c1-11-4-2-3-5-14(11)16(19)10-15(17(20)21)12-6-8-13(18)9-7-12;8-5-1-6(2-5)3-7-4-6;1-3-4-2;1-2/h2-10H,18-21H2,1H3;7H,1-4H2;3-4H2,1-2H3;1-2H3/b16-10-;;;. The van der Waals surface area contributed by atoms with Gasteiger partial charge in [0.25, 0.3) is 0 Å². The van der Waals surface area contributed by atoms with E-state index in [4.69, 9.17) is 22.9 Å². The zero-order chi connectivity index (χ0) is 26.4. The first-order valence-electron chi connectivity index (χ1n) is 12.6. The Morgan fingerprint density at radius 2 is 1.49 bits per heavy atom. The highest BCUT2D eigenvalue weighted by Crippen LogP contribution is 2.40. The summed E-state index contributed by atoms with van der Waals surface area (Å²) in [7, 11) is 0. The Balaban J connectivity index is 0.000000356. The number of nitrogens with two attached hydrogens (primary N) is 4. The van der Waals surface area contributed by atoms with Crippen LogP contribution in [0, 0.1) is 12.3 Å². The molecule has 1 saturated heterocycles. The molecule has 2 aromatic rings. The molecule has 2 fully saturated rings. The van der Waals surface area contributed by atoms with Crippen LogP contribution in [-0.2, 0) is 4.79 Å². The van der Waals surface area contributed by atoms with Gasteiger partial charge in [0.05, 0.1) is 0 Å². The third-order valence-electron chi connectivity index (χ3n) is 5.93. The highest BCUT2D eigenvalue weighted by Gasteiger charge is 2.47. The Morgan fingerprint density at radius 1 is 0.943 bits per heavy atom. The Hall–Kier alpha value is -3.25. The molecule has 0 unspecified atom stereocenters. The summed E-state index contributed by atoms with van der Waals surface area (Å²) in [5.41, 5.74) is 28.9. The van der Waals surface area contributed by atoms with Crippen LogP contribution < -0.4 is 28.3 Å². The molecule has 1 aliphatic carbocycles. The molecule has 0 atom stereocenters. The molecule has 1 aliphatic heterocycles. The Labute approximate surface area is 211 Å². The van der Waals surface area contributed by atoms with Crippen LogP contribution in [0.25, 0.3) is 11.3 Å². The van der Waals surface area contributed by atoms with Gasteiger partial charge in [0, 0.05) is 53.9 Å². The van der Waals surface area contributed by atoms with Gasteiger partial charge in [0.2, 0.25) is 0 Å². The van der Waals surface area contributed by atoms with Gasteiger partial charge in [-0.1, -0.05) is 76.9 Å². The van der Waals surface area contributed by atoms with E-state index in [1.165, 1.54) is 12.8 Å². The van der Waals surface area contributed by atoms with Crippen LogP contribution in [-0.4, -0.2) is 18.9 Å². The van der Waals surface area contributed by atoms with Crippen molar-refractivity contribution in [2.45, 2.75) is 60.3 Å². The second-order valence-electron chi connectivity index (χ2n) is 8.90. The molecule has 4 rings (SSSR count). The first kappa shape index (κ1) is 29.8. The van der Waals surface area contributed by atoms with Crippen molar-refractivity contribution >= 4 is 22.7 Å². The average Bonchev–Trinajstić information content (AvgIpc) is 2.82. The number of Topliss-reactive ketones (excluding diaryl/α,β-unsaturated/α-hetero) is 1. The van der Waals surface area contributed by atoms with E-state index in [0.717, 1.165) is 42.6 Å². The summed E-state index contributed by atoms with van der Waals surface area (Å²) in [4.78, 5) is 10.5. The molecule has 35 heavy (non-hydrogen) atoms. The van der Waals surface area contributed by atoms with E-state index in [2.05, 4.69) is 19.2 Å². The van der Waals surface area contributed by atoms with E-state index in [9.17, 15) is 4.79 Å². The monoisotopic (exact) mass is 479 g/mol. The average molecular weight is 480 g/mol. The molecule has 2 aliphatic rings. The van der Waals surface area contributed by atoms with Crippen LogP contribution in [0.3, 0.4) is 0 Å². The van der Waals surface area contributed by atoms with E-state index in [1.54, 1.807) is 18.2 Å². The fourth-order valence-corrected chi connectivity index (χ4v) is 3.64.